The van der Waals surface area contributed by atoms with Gasteiger partial charge in [-0.2, -0.15) is 0 Å². The van der Waals surface area contributed by atoms with Crippen LogP contribution in [0.25, 0.3) is 0 Å². The lowest BCUT2D eigenvalue weighted by Crippen LogP contribution is -2.32. The van der Waals surface area contributed by atoms with E-state index in [0.717, 1.165) is 12.8 Å². The Labute approximate surface area is 102 Å². The van der Waals surface area contributed by atoms with Crippen molar-refractivity contribution in [2.75, 3.05) is 0 Å². The third-order valence-corrected chi connectivity index (χ3v) is 4.48. The average Bonchev–Trinajstić information content (AvgIpc) is 2.36. The molecule has 2 bridgehead atoms. The fourth-order valence-electron chi connectivity index (χ4n) is 2.90. The molecule has 2 unspecified atom stereocenters. The molecule has 2 fully saturated rings. The molecule has 6 nitrogen and oxygen atoms in total. The van der Waals surface area contributed by atoms with E-state index in [1.807, 2.05) is 0 Å². The summed E-state index contributed by atoms with van der Waals surface area (Å²) in [5.41, 5.74) is 0.307. The van der Waals surface area contributed by atoms with Gasteiger partial charge in [-0.05, 0) is 24.2 Å². The highest BCUT2D eigenvalue weighted by Crippen LogP contribution is 2.63. The molecule has 2 aliphatic carbocycles. The molecule has 0 aliphatic heterocycles. The van der Waals surface area contributed by atoms with Crippen LogP contribution in [0.2, 0.25) is 0 Å². The highest BCUT2D eigenvalue weighted by Gasteiger charge is 2.61. The zero-order chi connectivity index (χ0) is 11.9. The third kappa shape index (κ3) is 2.76. The molecule has 0 heterocycles. The van der Waals surface area contributed by atoms with Gasteiger partial charge in [0.05, 0.1) is 0 Å². The van der Waals surface area contributed by atoms with E-state index in [0.29, 0.717) is 11.7 Å². The van der Waals surface area contributed by atoms with E-state index in [4.69, 9.17) is 15.0 Å². The van der Waals surface area contributed by atoms with Crippen molar-refractivity contribution >= 4 is 11.9 Å². The first kappa shape index (κ1) is 18.2. The van der Waals surface area contributed by atoms with Crippen LogP contribution in [0.3, 0.4) is 0 Å². The van der Waals surface area contributed by atoms with E-state index < -0.39 is 6.16 Å². The minimum absolute atomic E-state index is 0. The van der Waals surface area contributed by atoms with Gasteiger partial charge < -0.3 is 22.5 Å². The molecule has 0 amide bonds. The number of carbonyl (C=O) groups excluding carboxylic acids is 1. The van der Waals surface area contributed by atoms with Crippen LogP contribution in [0.15, 0.2) is 0 Å². The minimum atomic E-state index is -1.83. The molecule has 0 aromatic heterocycles. The topological polar surface area (TPSA) is 145 Å². The van der Waals surface area contributed by atoms with Crippen LogP contribution in [-0.4, -0.2) is 22.2 Å². The van der Waals surface area contributed by atoms with E-state index in [-0.39, 0.29) is 23.1 Å². The number of fused-ring (bicyclic) bond motifs is 2. The molecular weight excluding hydrogens is 224 g/mol. The van der Waals surface area contributed by atoms with Gasteiger partial charge in [-0.25, -0.2) is 4.79 Å². The molecule has 2 rings (SSSR count). The van der Waals surface area contributed by atoms with Crippen LogP contribution in [0, 0.1) is 16.7 Å². The Morgan fingerprint density at radius 1 is 1.24 bits per heavy atom. The summed E-state index contributed by atoms with van der Waals surface area (Å²) in [6, 6.07) is 0. The average molecular weight is 248 g/mol. The maximum Gasteiger partial charge on any atom is 0.503 e. The maximum atomic E-state index is 11.6. The number of hydrogen-bond donors (Lipinski definition) is 4. The largest absolute Gasteiger partial charge is 0.503 e. The molecule has 8 N–H and O–H groups in total. The Balaban J connectivity index is 0. The monoisotopic (exact) mass is 248 g/mol. The lowest BCUT2D eigenvalue weighted by molar-refractivity contribution is -0.128. The van der Waals surface area contributed by atoms with Crippen molar-refractivity contribution in [3.8, 4) is 0 Å². The smallest absolute Gasteiger partial charge is 0.450 e. The predicted molar refractivity (Wildman–Crippen MR) is 64.9 cm³/mol. The Bertz CT molecular complexity index is 300. The third-order valence-electron chi connectivity index (χ3n) is 4.48. The van der Waals surface area contributed by atoms with Gasteiger partial charge in [-0.3, -0.25) is 4.79 Å². The van der Waals surface area contributed by atoms with Gasteiger partial charge in [-0.1, -0.05) is 20.8 Å². The van der Waals surface area contributed by atoms with Gasteiger partial charge in [0.15, 0.2) is 0 Å². The van der Waals surface area contributed by atoms with E-state index in [1.165, 1.54) is 6.42 Å². The summed E-state index contributed by atoms with van der Waals surface area (Å²) in [5.74, 6) is 1.19. The first-order valence-corrected chi connectivity index (χ1v) is 5.17. The van der Waals surface area contributed by atoms with Gasteiger partial charge in [0, 0.05) is 11.8 Å². The second kappa shape index (κ2) is 5.46. The number of hydrogen-bond acceptors (Lipinski definition) is 4. The highest BCUT2D eigenvalue weighted by atomic mass is 16.6. The number of Topliss-reactive ketones (excluding diaryl/α,β-unsaturated/α-hetero) is 1. The molecule has 0 aromatic rings. The standard InChI is InChI=1S/C10H16O.CH2O3.2H3N/c1-9(2)7-4-5-10(9,3)8(11)6-7;2-1(3)4;;/h7H,4-6H2,1-3H3;(H2,2,3,4);2*1H3. The van der Waals surface area contributed by atoms with Crippen molar-refractivity contribution in [1.29, 1.82) is 0 Å². The van der Waals surface area contributed by atoms with Crippen molar-refractivity contribution in [1.82, 2.24) is 12.3 Å². The van der Waals surface area contributed by atoms with E-state index in [9.17, 15) is 4.79 Å². The second-order valence-electron chi connectivity index (χ2n) is 5.20. The zero-order valence-electron chi connectivity index (χ0n) is 10.8. The molecule has 2 aliphatic rings. The first-order valence-electron chi connectivity index (χ1n) is 5.17. The molecule has 0 saturated heterocycles. The normalized spacial score (nSPS) is 31.7. The fourth-order valence-corrected chi connectivity index (χ4v) is 2.90. The van der Waals surface area contributed by atoms with Crippen LogP contribution in [0.1, 0.15) is 40.0 Å². The summed E-state index contributed by atoms with van der Waals surface area (Å²) < 4.78 is 0. The number of rotatable bonds is 0. The van der Waals surface area contributed by atoms with Gasteiger partial charge >= 0.3 is 6.16 Å². The quantitative estimate of drug-likeness (QED) is 0.518. The molecule has 6 heteroatoms. The van der Waals surface area contributed by atoms with Gasteiger partial charge in [-0.15, -0.1) is 0 Å². The molecule has 0 aromatic carbocycles. The lowest BCUT2D eigenvalue weighted by Gasteiger charge is -2.32. The van der Waals surface area contributed by atoms with E-state index in [1.54, 1.807) is 0 Å². The van der Waals surface area contributed by atoms with Crippen LogP contribution < -0.4 is 12.3 Å². The van der Waals surface area contributed by atoms with E-state index in [2.05, 4.69) is 20.8 Å². The Morgan fingerprint density at radius 3 is 1.76 bits per heavy atom. The van der Waals surface area contributed by atoms with Crippen LogP contribution in [-0.2, 0) is 4.79 Å². The summed E-state index contributed by atoms with van der Waals surface area (Å²) in [6.07, 6.45) is 1.42. The lowest BCUT2D eigenvalue weighted by atomic mass is 9.70. The van der Waals surface area contributed by atoms with Crippen LogP contribution >= 0.6 is 0 Å². The first-order chi connectivity index (χ1) is 6.72. The van der Waals surface area contributed by atoms with Gasteiger partial charge in [0.25, 0.3) is 0 Å². The Hall–Kier alpha value is -1.14. The zero-order valence-corrected chi connectivity index (χ0v) is 10.8. The number of carbonyl (C=O) groups is 2. The molecule has 2 atom stereocenters. The fraction of sp³-hybridized carbons (Fsp3) is 0.818. The van der Waals surface area contributed by atoms with Crippen molar-refractivity contribution in [2.45, 2.75) is 40.0 Å². The summed E-state index contributed by atoms with van der Waals surface area (Å²) in [4.78, 5) is 20.1. The SMILES string of the molecule is CC12CCC(CC1=O)C2(C)C.N.N.O=C(O)O. The predicted octanol–water partition coefficient (Wildman–Crippen LogP) is 2.95. The van der Waals surface area contributed by atoms with Crippen LogP contribution in [0.4, 0.5) is 4.79 Å². The molecule has 0 radical (unpaired) electrons. The molecule has 0 spiro atoms. The van der Waals surface area contributed by atoms with Crippen molar-refractivity contribution in [2.24, 2.45) is 16.7 Å². The second-order valence-corrected chi connectivity index (χ2v) is 5.20. The Morgan fingerprint density at radius 2 is 1.65 bits per heavy atom. The molecular formula is C11H24N2O4. The van der Waals surface area contributed by atoms with Gasteiger partial charge in [0.2, 0.25) is 0 Å². The van der Waals surface area contributed by atoms with E-state index >= 15 is 0 Å². The summed E-state index contributed by atoms with van der Waals surface area (Å²) >= 11 is 0. The van der Waals surface area contributed by atoms with Crippen molar-refractivity contribution < 1.29 is 19.8 Å². The minimum Gasteiger partial charge on any atom is -0.450 e. The molecule has 17 heavy (non-hydrogen) atoms. The van der Waals surface area contributed by atoms with Crippen molar-refractivity contribution in [3.63, 3.8) is 0 Å². The maximum absolute atomic E-state index is 11.6. The summed E-state index contributed by atoms with van der Waals surface area (Å²) in [7, 11) is 0. The van der Waals surface area contributed by atoms with Crippen LogP contribution in [0.5, 0.6) is 0 Å². The highest BCUT2D eigenvalue weighted by molar-refractivity contribution is 5.89. The molecule has 2 saturated carbocycles. The summed E-state index contributed by atoms with van der Waals surface area (Å²) in [6.45, 7) is 6.67. The van der Waals surface area contributed by atoms with Gasteiger partial charge in [0.1, 0.15) is 5.78 Å². The number of carboxylic acid groups (broad SMARTS) is 2. The Kier molecular flexibility index (Phi) is 5.86. The molecule has 102 valence electrons. The summed E-state index contributed by atoms with van der Waals surface area (Å²) in [5, 5.41) is 13.9. The van der Waals surface area contributed by atoms with Crippen molar-refractivity contribution in [3.05, 3.63) is 0 Å². The number of ketones is 1.